The monoisotopic (exact) mass is 540 g/mol. The van der Waals surface area contributed by atoms with E-state index in [1.165, 1.54) is 26.0 Å². The Hall–Kier alpha value is -5.52. The van der Waals surface area contributed by atoms with Crippen molar-refractivity contribution in [2.45, 2.75) is 27.7 Å². The van der Waals surface area contributed by atoms with Crippen molar-refractivity contribution in [1.29, 1.82) is 0 Å². The van der Waals surface area contributed by atoms with Gasteiger partial charge in [-0.05, 0) is 49.7 Å². The number of hydrogen-bond acceptors (Lipinski definition) is 11. The van der Waals surface area contributed by atoms with E-state index in [4.69, 9.17) is 9.68 Å². The van der Waals surface area contributed by atoms with Gasteiger partial charge < -0.3 is 9.68 Å². The largest absolute Gasteiger partial charge is 0.331 e. The average Bonchev–Trinajstić information content (AvgIpc) is 2.95. The maximum absolute atomic E-state index is 11.6. The highest BCUT2D eigenvalue weighted by Crippen LogP contribution is 2.38. The van der Waals surface area contributed by atoms with Crippen LogP contribution in [0.1, 0.15) is 39.0 Å². The van der Waals surface area contributed by atoms with Gasteiger partial charge in [-0.2, -0.15) is 0 Å². The number of carbonyl (C=O) groups is 2. The van der Waals surface area contributed by atoms with Crippen LogP contribution in [0, 0.1) is 10.1 Å². The highest BCUT2D eigenvalue weighted by molar-refractivity contribution is 6.11. The quantitative estimate of drug-likeness (QED) is 0.121. The highest BCUT2D eigenvalue weighted by Gasteiger charge is 2.22. The maximum atomic E-state index is 11.6. The molecule has 4 rings (SSSR count). The second kappa shape index (κ2) is 11.9. The summed E-state index contributed by atoms with van der Waals surface area (Å²) in [6.45, 7) is 5.77. The molecule has 0 radical (unpaired) electrons. The lowest BCUT2D eigenvalue weighted by Crippen LogP contribution is -2.15. The summed E-state index contributed by atoms with van der Waals surface area (Å²) in [4.78, 5) is 44.9. The number of hydrogen-bond donors (Lipinski definition) is 0. The number of fused-ring (bicyclic) bond motifs is 1. The zero-order valence-electron chi connectivity index (χ0n) is 22.1. The van der Waals surface area contributed by atoms with Crippen molar-refractivity contribution < 1.29 is 24.2 Å². The minimum absolute atomic E-state index is 0.147. The van der Waals surface area contributed by atoms with Gasteiger partial charge in [-0.3, -0.25) is 15.0 Å². The van der Waals surface area contributed by atoms with Crippen molar-refractivity contribution >= 4 is 57.0 Å². The van der Waals surface area contributed by atoms with E-state index < -0.39 is 16.9 Å². The van der Waals surface area contributed by atoms with Crippen molar-refractivity contribution in [3.8, 4) is 0 Å². The topological polar surface area (TPSA) is 149 Å². The molecule has 12 heteroatoms. The number of nitrogens with zero attached hydrogens (tertiary/aromatic N) is 6. The number of nitro benzene ring substituents is 1. The van der Waals surface area contributed by atoms with E-state index in [0.717, 1.165) is 11.3 Å². The van der Waals surface area contributed by atoms with Gasteiger partial charge in [0.2, 0.25) is 0 Å². The number of rotatable bonds is 8. The van der Waals surface area contributed by atoms with E-state index in [9.17, 15) is 19.7 Å². The summed E-state index contributed by atoms with van der Waals surface area (Å²) < 4.78 is 0. The molecule has 1 heterocycles. The fourth-order valence-electron chi connectivity index (χ4n) is 3.86. The molecule has 0 aliphatic heterocycles. The van der Waals surface area contributed by atoms with E-state index >= 15 is 0 Å². The number of oxime groups is 2. The molecule has 0 saturated heterocycles. The number of nitro groups is 1. The van der Waals surface area contributed by atoms with Crippen LogP contribution in [-0.4, -0.2) is 38.5 Å². The Kier molecular flexibility index (Phi) is 8.19. The third-order valence-electron chi connectivity index (χ3n) is 5.69. The van der Waals surface area contributed by atoms with E-state index in [0.29, 0.717) is 28.0 Å². The van der Waals surface area contributed by atoms with Gasteiger partial charge in [0.25, 0.3) is 5.69 Å². The van der Waals surface area contributed by atoms with Crippen LogP contribution < -0.4 is 4.90 Å². The van der Waals surface area contributed by atoms with Crippen LogP contribution in [0.2, 0.25) is 0 Å². The highest BCUT2D eigenvalue weighted by atomic mass is 16.7. The van der Waals surface area contributed by atoms with Crippen LogP contribution in [-0.2, 0) is 19.3 Å². The van der Waals surface area contributed by atoms with Crippen LogP contribution >= 0.6 is 0 Å². The van der Waals surface area contributed by atoms with Crippen LogP contribution in [0.25, 0.3) is 10.8 Å². The van der Waals surface area contributed by atoms with Gasteiger partial charge in [0, 0.05) is 48.1 Å². The molecule has 0 aliphatic carbocycles. The average molecular weight is 541 g/mol. The molecule has 0 aliphatic rings. The lowest BCUT2D eigenvalue weighted by molar-refractivity contribution is -0.384. The Morgan fingerprint density at radius 1 is 0.775 bits per heavy atom. The number of anilines is 3. The molecule has 0 bridgehead atoms. The Morgan fingerprint density at radius 2 is 1.38 bits per heavy atom. The predicted octanol–water partition coefficient (Wildman–Crippen LogP) is 5.58. The Labute approximate surface area is 228 Å². The number of para-hydroxylation sites is 1. The van der Waals surface area contributed by atoms with Crippen LogP contribution in [0.15, 0.2) is 83.1 Å². The molecule has 1 aromatic heterocycles. The molecule has 40 heavy (non-hydrogen) atoms. The van der Waals surface area contributed by atoms with E-state index in [-0.39, 0.29) is 17.1 Å². The summed E-state index contributed by atoms with van der Waals surface area (Å²) in [7, 11) is 0. The van der Waals surface area contributed by atoms with Crippen LogP contribution in [0.3, 0.4) is 0 Å². The molecule has 0 atom stereocenters. The Morgan fingerprint density at radius 3 is 1.98 bits per heavy atom. The Bertz CT molecular complexity index is 1650. The first-order valence-corrected chi connectivity index (χ1v) is 12.0. The summed E-state index contributed by atoms with van der Waals surface area (Å²) in [6.07, 6.45) is 0. The molecular weight excluding hydrogens is 516 g/mol. The van der Waals surface area contributed by atoms with Crippen molar-refractivity contribution in [3.05, 3.63) is 94.2 Å². The molecule has 0 spiro atoms. The van der Waals surface area contributed by atoms with Crippen LogP contribution in [0.5, 0.6) is 0 Å². The molecule has 0 fully saturated rings. The molecular formula is C28H24N6O6. The number of benzene rings is 3. The van der Waals surface area contributed by atoms with Crippen molar-refractivity contribution in [1.82, 2.24) is 10.2 Å². The summed E-state index contributed by atoms with van der Waals surface area (Å²) >= 11 is 0. The molecule has 4 aromatic rings. The summed E-state index contributed by atoms with van der Waals surface area (Å²) in [6, 6.07) is 21.1. The maximum Gasteiger partial charge on any atom is 0.331 e. The summed E-state index contributed by atoms with van der Waals surface area (Å²) in [5.41, 5.74) is 3.01. The van der Waals surface area contributed by atoms with Gasteiger partial charge >= 0.3 is 11.9 Å². The van der Waals surface area contributed by atoms with Gasteiger partial charge in [-0.25, -0.2) is 9.59 Å². The lowest BCUT2D eigenvalue weighted by Gasteiger charge is -2.25. The number of aromatic nitrogens is 2. The fraction of sp³-hybridized carbons (Fsp3) is 0.143. The van der Waals surface area contributed by atoms with Crippen LogP contribution in [0.4, 0.5) is 22.9 Å². The van der Waals surface area contributed by atoms with Crippen molar-refractivity contribution in [2.24, 2.45) is 10.3 Å². The Balaban J connectivity index is 1.91. The SMILES string of the molecule is CC(=O)O/N=C(/C)c1ccc(N(c2ccccc2)c2nnc(/C(C)=N/OC(C)=O)c3cc([N+](=O)[O-])ccc23)cc1. The minimum atomic E-state index is -0.619. The van der Waals surface area contributed by atoms with Gasteiger partial charge in [-0.15, -0.1) is 10.2 Å². The standard InChI is InChI=1S/C28H24N6O6/c1-17(31-39-19(3)35)21-10-12-23(13-11-21)33(22-8-6-5-7-9-22)28-25-15-14-24(34(37)38)16-26(25)27(29-30-28)18(2)32-40-20(4)36/h5-16H,1-4H3/b31-17-,32-18+. The number of non-ortho nitro benzene ring substituents is 1. The van der Waals surface area contributed by atoms with E-state index in [1.807, 2.05) is 59.5 Å². The summed E-state index contributed by atoms with van der Waals surface area (Å²) in [5.74, 6) is -0.738. The van der Waals surface area contributed by atoms with E-state index in [1.54, 1.807) is 19.9 Å². The molecule has 202 valence electrons. The van der Waals surface area contributed by atoms with E-state index in [2.05, 4.69) is 20.5 Å². The first-order valence-electron chi connectivity index (χ1n) is 12.0. The summed E-state index contributed by atoms with van der Waals surface area (Å²) in [5, 5.41) is 29.0. The second-order valence-corrected chi connectivity index (χ2v) is 8.60. The molecule has 0 unspecified atom stereocenters. The zero-order chi connectivity index (χ0) is 28.8. The molecule has 0 N–H and O–H groups in total. The normalized spacial score (nSPS) is 11.7. The smallest absolute Gasteiger partial charge is 0.318 e. The van der Waals surface area contributed by atoms with Crippen molar-refractivity contribution in [2.75, 3.05) is 4.90 Å². The third kappa shape index (κ3) is 6.13. The van der Waals surface area contributed by atoms with Gasteiger partial charge in [0.05, 0.1) is 10.6 Å². The first-order chi connectivity index (χ1) is 19.2. The molecule has 0 amide bonds. The lowest BCUT2D eigenvalue weighted by atomic mass is 10.1. The molecule has 0 saturated carbocycles. The number of carbonyl (C=O) groups excluding carboxylic acids is 2. The first kappa shape index (κ1) is 27.5. The molecule has 3 aromatic carbocycles. The van der Waals surface area contributed by atoms with Gasteiger partial charge in [0.15, 0.2) is 5.82 Å². The van der Waals surface area contributed by atoms with Gasteiger partial charge in [0.1, 0.15) is 11.4 Å². The second-order valence-electron chi connectivity index (χ2n) is 8.60. The minimum Gasteiger partial charge on any atom is -0.318 e. The fourth-order valence-corrected chi connectivity index (χ4v) is 3.86. The zero-order valence-corrected chi connectivity index (χ0v) is 22.1. The molecule has 12 nitrogen and oxygen atoms in total. The van der Waals surface area contributed by atoms with Gasteiger partial charge in [-0.1, -0.05) is 40.6 Å². The third-order valence-corrected chi connectivity index (χ3v) is 5.69. The van der Waals surface area contributed by atoms with Crippen molar-refractivity contribution in [3.63, 3.8) is 0 Å². The predicted molar refractivity (Wildman–Crippen MR) is 149 cm³/mol.